The summed E-state index contributed by atoms with van der Waals surface area (Å²) in [6.45, 7) is 4.84. The Labute approximate surface area is 242 Å². The molecule has 1 aromatic rings. The monoisotopic (exact) mass is 588 g/mol. The Morgan fingerprint density at radius 2 is 2.00 bits per heavy atom. The largest absolute Gasteiger partial charge is 0.509 e. The van der Waals surface area contributed by atoms with E-state index in [-0.39, 0.29) is 35.4 Å². The van der Waals surface area contributed by atoms with Gasteiger partial charge in [-0.25, -0.2) is 4.79 Å². The fourth-order valence-electron chi connectivity index (χ4n) is 7.45. The van der Waals surface area contributed by atoms with Gasteiger partial charge in [-0.2, -0.15) is 13.2 Å². The van der Waals surface area contributed by atoms with Crippen LogP contribution in [0.3, 0.4) is 0 Å². The minimum atomic E-state index is -4.53. The van der Waals surface area contributed by atoms with Crippen molar-refractivity contribution in [2.75, 3.05) is 13.2 Å². The fraction of sp³-hybridized carbons (Fsp3) is 0.531. The topological polar surface area (TPSA) is 99.1 Å². The van der Waals surface area contributed by atoms with Crippen LogP contribution >= 0.6 is 0 Å². The van der Waals surface area contributed by atoms with Crippen LogP contribution in [0.1, 0.15) is 57.4 Å². The van der Waals surface area contributed by atoms with Gasteiger partial charge in [-0.1, -0.05) is 36.8 Å². The molecule has 0 aliphatic heterocycles. The number of fused-ring (bicyclic) bond motifs is 5. The molecule has 0 amide bonds. The number of hydrogen-bond acceptors (Lipinski definition) is 7. The second kappa shape index (κ2) is 11.4. The molecule has 1 aromatic carbocycles. The minimum absolute atomic E-state index is 0.0614. The summed E-state index contributed by atoms with van der Waals surface area (Å²) in [5.74, 6) is -0.934. The highest BCUT2D eigenvalue weighted by atomic mass is 19.4. The first-order valence-corrected chi connectivity index (χ1v) is 14.3. The molecule has 0 bridgehead atoms. The van der Waals surface area contributed by atoms with Gasteiger partial charge in [0.2, 0.25) is 0 Å². The zero-order valence-electron chi connectivity index (χ0n) is 23.5. The lowest BCUT2D eigenvalue weighted by Gasteiger charge is -2.52. The molecule has 0 radical (unpaired) electrons. The van der Waals surface area contributed by atoms with E-state index < -0.39 is 47.9 Å². The second-order valence-corrected chi connectivity index (χ2v) is 11.9. The van der Waals surface area contributed by atoms with Gasteiger partial charge in [0, 0.05) is 11.8 Å². The van der Waals surface area contributed by atoms with Gasteiger partial charge in [0.25, 0.3) is 0 Å². The van der Waals surface area contributed by atoms with Crippen molar-refractivity contribution in [1.82, 2.24) is 0 Å². The molecule has 0 saturated heterocycles. The predicted octanol–water partition coefficient (Wildman–Crippen LogP) is 6.15. The van der Waals surface area contributed by atoms with Crippen molar-refractivity contribution in [3.05, 3.63) is 65.8 Å². The molecule has 0 aromatic heterocycles. The number of hydrogen-bond donors (Lipinski definition) is 1. The summed E-state index contributed by atoms with van der Waals surface area (Å²) in [7, 11) is 0. The summed E-state index contributed by atoms with van der Waals surface area (Å²) in [4.78, 5) is 37.5. The third kappa shape index (κ3) is 5.65. The SMILES string of the molecule is C=CC(COc1cccc(C(F)(F)F)c1)OC(=O)OCC(=O)C1CCC2C3CCC4=CC(=O)CCC4(C)C3=CCC12O. The highest BCUT2D eigenvalue weighted by Crippen LogP contribution is 2.61. The number of ketones is 2. The molecule has 2 saturated carbocycles. The number of ether oxygens (including phenoxy) is 3. The Hall–Kier alpha value is -3.40. The molecule has 4 aliphatic rings. The van der Waals surface area contributed by atoms with Crippen molar-refractivity contribution in [3.63, 3.8) is 0 Å². The minimum Gasteiger partial charge on any atom is -0.489 e. The fourth-order valence-corrected chi connectivity index (χ4v) is 7.45. The Kier molecular flexibility index (Phi) is 8.13. The number of aliphatic hydroxyl groups is 1. The average molecular weight is 589 g/mol. The zero-order valence-corrected chi connectivity index (χ0v) is 23.5. The molecule has 2 fully saturated rings. The maximum absolute atomic E-state index is 13.2. The van der Waals surface area contributed by atoms with Crippen molar-refractivity contribution >= 4 is 17.7 Å². The normalized spacial score (nSPS) is 31.0. The van der Waals surface area contributed by atoms with Crippen LogP contribution < -0.4 is 4.74 Å². The van der Waals surface area contributed by atoms with Crippen LogP contribution in [0.5, 0.6) is 5.75 Å². The first-order chi connectivity index (χ1) is 19.8. The van der Waals surface area contributed by atoms with Crippen LogP contribution in [-0.2, 0) is 25.2 Å². The van der Waals surface area contributed by atoms with E-state index in [0.29, 0.717) is 25.7 Å². The van der Waals surface area contributed by atoms with E-state index in [1.54, 1.807) is 6.08 Å². The zero-order chi connectivity index (χ0) is 30.3. The standard InChI is InChI=1S/C32H35F3O7/c1-3-22(17-40-23-6-4-5-20(16-23)32(33,34)35)42-29(38)41-18-28(37)27-10-9-26-24-8-7-19-15-21(36)11-13-30(19,2)25(24)12-14-31(26,27)39/h3-6,12,15-16,22,24,26-27,39H,1,7-11,13-14,17-18H2,2H3. The number of Topliss-reactive ketones (excluding diaryl/α,β-unsaturated/α-hetero) is 1. The number of rotatable bonds is 8. The summed E-state index contributed by atoms with van der Waals surface area (Å²) in [5, 5.41) is 11.8. The Morgan fingerprint density at radius 3 is 2.74 bits per heavy atom. The number of carbonyl (C=O) groups excluding carboxylic acids is 3. The molecule has 6 unspecified atom stereocenters. The number of allylic oxidation sites excluding steroid dienone is 3. The third-order valence-electron chi connectivity index (χ3n) is 9.63. The molecule has 4 aliphatic carbocycles. The maximum atomic E-state index is 13.2. The number of halogens is 3. The van der Waals surface area contributed by atoms with Crippen LogP contribution in [0.25, 0.3) is 0 Å². The lowest BCUT2D eigenvalue weighted by Crippen LogP contribution is -2.51. The number of benzene rings is 1. The van der Waals surface area contributed by atoms with Crippen molar-refractivity contribution in [2.24, 2.45) is 23.2 Å². The molecule has 6 atom stereocenters. The summed E-state index contributed by atoms with van der Waals surface area (Å²) in [5.41, 5.74) is 0.155. The molecule has 7 nitrogen and oxygen atoms in total. The lowest BCUT2D eigenvalue weighted by atomic mass is 9.53. The van der Waals surface area contributed by atoms with Gasteiger partial charge in [0.1, 0.15) is 12.4 Å². The highest BCUT2D eigenvalue weighted by molar-refractivity contribution is 5.92. The molecular weight excluding hydrogens is 553 g/mol. The first kappa shape index (κ1) is 30.1. The number of alkyl halides is 3. The molecule has 5 rings (SSSR count). The van der Waals surface area contributed by atoms with Gasteiger partial charge in [-0.3, -0.25) is 9.59 Å². The van der Waals surface area contributed by atoms with Gasteiger partial charge in [-0.15, -0.1) is 0 Å². The number of carbonyl (C=O) groups is 3. The van der Waals surface area contributed by atoms with Crippen molar-refractivity contribution < 1.29 is 46.9 Å². The Bertz CT molecular complexity index is 1330. The van der Waals surface area contributed by atoms with Crippen LogP contribution in [0.4, 0.5) is 18.0 Å². The van der Waals surface area contributed by atoms with Gasteiger partial charge >= 0.3 is 12.3 Å². The van der Waals surface area contributed by atoms with E-state index >= 15 is 0 Å². The summed E-state index contributed by atoms with van der Waals surface area (Å²) < 4.78 is 54.3. The van der Waals surface area contributed by atoms with Gasteiger partial charge in [0.15, 0.2) is 24.3 Å². The Morgan fingerprint density at radius 1 is 1.21 bits per heavy atom. The molecule has 226 valence electrons. The quantitative estimate of drug-likeness (QED) is 0.287. The highest BCUT2D eigenvalue weighted by Gasteiger charge is 2.59. The average Bonchev–Trinajstić information content (AvgIpc) is 3.31. The second-order valence-electron chi connectivity index (χ2n) is 11.9. The van der Waals surface area contributed by atoms with E-state index in [1.807, 2.05) is 0 Å². The maximum Gasteiger partial charge on any atom is 0.509 e. The van der Waals surface area contributed by atoms with Crippen LogP contribution in [0.15, 0.2) is 60.2 Å². The molecule has 10 heteroatoms. The van der Waals surface area contributed by atoms with E-state index in [1.165, 1.54) is 29.4 Å². The van der Waals surface area contributed by atoms with Crippen LogP contribution in [0.2, 0.25) is 0 Å². The van der Waals surface area contributed by atoms with Crippen molar-refractivity contribution in [3.8, 4) is 5.75 Å². The van der Waals surface area contributed by atoms with Crippen LogP contribution in [-0.4, -0.2) is 47.7 Å². The van der Waals surface area contributed by atoms with Crippen molar-refractivity contribution in [1.29, 1.82) is 0 Å². The van der Waals surface area contributed by atoms with Gasteiger partial charge < -0.3 is 19.3 Å². The molecular formula is C32H35F3O7. The third-order valence-corrected chi connectivity index (χ3v) is 9.63. The summed E-state index contributed by atoms with van der Waals surface area (Å²) >= 11 is 0. The lowest BCUT2D eigenvalue weighted by molar-refractivity contribution is -0.139. The van der Waals surface area contributed by atoms with E-state index in [0.717, 1.165) is 31.4 Å². The van der Waals surface area contributed by atoms with Gasteiger partial charge in [0.05, 0.1) is 17.1 Å². The molecule has 42 heavy (non-hydrogen) atoms. The summed E-state index contributed by atoms with van der Waals surface area (Å²) in [6.07, 6.45) is 2.77. The van der Waals surface area contributed by atoms with E-state index in [4.69, 9.17) is 14.2 Å². The van der Waals surface area contributed by atoms with Crippen molar-refractivity contribution in [2.45, 2.75) is 69.8 Å². The van der Waals surface area contributed by atoms with E-state index in [9.17, 15) is 32.7 Å². The smallest absolute Gasteiger partial charge is 0.489 e. The van der Waals surface area contributed by atoms with Gasteiger partial charge in [-0.05, 0) is 80.7 Å². The Balaban J connectivity index is 1.16. The predicted molar refractivity (Wildman–Crippen MR) is 145 cm³/mol. The summed E-state index contributed by atoms with van der Waals surface area (Å²) in [6, 6.07) is 4.29. The first-order valence-electron chi connectivity index (χ1n) is 14.3. The molecule has 0 heterocycles. The van der Waals surface area contributed by atoms with E-state index in [2.05, 4.69) is 19.6 Å². The van der Waals surface area contributed by atoms with Crippen LogP contribution in [0, 0.1) is 23.2 Å². The molecule has 1 N–H and O–H groups in total. The molecule has 0 spiro atoms.